The van der Waals surface area contributed by atoms with Crippen LogP contribution in [0.4, 0.5) is 11.4 Å². The van der Waals surface area contributed by atoms with Crippen molar-refractivity contribution < 1.29 is 27.4 Å². The highest BCUT2D eigenvalue weighted by Crippen LogP contribution is 2.25. The Hall–Kier alpha value is -3.80. The fourth-order valence-electron chi connectivity index (χ4n) is 2.85. The predicted molar refractivity (Wildman–Crippen MR) is 119 cm³/mol. The molecular weight excluding hydrogens is 436 g/mol. The number of allylic oxidation sites excluding steroid dienone is 2. The molecule has 0 bridgehead atoms. The number of aliphatic carboxylic acids is 1. The van der Waals surface area contributed by atoms with Crippen LogP contribution in [0.1, 0.15) is 5.56 Å². The van der Waals surface area contributed by atoms with Crippen molar-refractivity contribution in [1.82, 2.24) is 0 Å². The summed E-state index contributed by atoms with van der Waals surface area (Å²) in [6.07, 6.45) is 4.67. The Morgan fingerprint density at radius 2 is 1.75 bits per heavy atom. The highest BCUT2D eigenvalue weighted by atomic mass is 32.2. The molecule has 0 fully saturated rings. The Morgan fingerprint density at radius 3 is 2.28 bits per heavy atom. The van der Waals surface area contributed by atoms with Gasteiger partial charge >= 0.3 is 16.1 Å². The van der Waals surface area contributed by atoms with E-state index in [2.05, 4.69) is 9.39 Å². The topological polar surface area (TPSA) is 143 Å². The molecule has 0 unspecified atom stereocenters. The molecule has 32 heavy (non-hydrogen) atoms. The molecule has 0 aliphatic carbocycles. The van der Waals surface area contributed by atoms with Crippen molar-refractivity contribution in [2.45, 2.75) is 4.90 Å². The van der Waals surface area contributed by atoms with Crippen molar-refractivity contribution in [1.29, 1.82) is 0 Å². The highest BCUT2D eigenvalue weighted by Gasteiger charge is 2.34. The van der Waals surface area contributed by atoms with Crippen LogP contribution in [0.5, 0.6) is 0 Å². The highest BCUT2D eigenvalue weighted by molar-refractivity contribution is 7.86. The Balaban J connectivity index is 1.86. The van der Waals surface area contributed by atoms with Gasteiger partial charge in [-0.15, -0.1) is 0 Å². The maximum Gasteiger partial charge on any atom is 0.357 e. The van der Waals surface area contributed by atoms with Gasteiger partial charge in [0.1, 0.15) is 0 Å². The first kappa shape index (κ1) is 22.9. The van der Waals surface area contributed by atoms with Crippen molar-refractivity contribution in [2.24, 2.45) is 11.0 Å². The fourth-order valence-corrected chi connectivity index (χ4v) is 3.43. The van der Waals surface area contributed by atoms with Crippen LogP contribution in [0.3, 0.4) is 0 Å². The van der Waals surface area contributed by atoms with Crippen molar-refractivity contribution in [3.8, 4) is 0 Å². The van der Waals surface area contributed by atoms with E-state index in [4.69, 9.17) is 5.90 Å². The van der Waals surface area contributed by atoms with Crippen molar-refractivity contribution in [3.63, 3.8) is 0 Å². The number of amides is 1. The molecule has 0 aromatic heterocycles. The molecule has 0 radical (unpaired) electrons. The van der Waals surface area contributed by atoms with E-state index in [1.54, 1.807) is 12.2 Å². The summed E-state index contributed by atoms with van der Waals surface area (Å²) in [5.41, 5.74) is 1.53. The summed E-state index contributed by atoms with van der Waals surface area (Å²) in [6, 6.07) is 12.5. The third-order valence-corrected chi connectivity index (χ3v) is 5.64. The lowest BCUT2D eigenvalue weighted by Crippen LogP contribution is -2.22. The number of hydrazone groups is 1. The lowest BCUT2D eigenvalue weighted by Gasteiger charge is -2.12. The van der Waals surface area contributed by atoms with E-state index in [9.17, 15) is 23.1 Å². The molecule has 1 aliphatic rings. The zero-order valence-corrected chi connectivity index (χ0v) is 18.0. The Labute approximate surface area is 184 Å². The number of anilines is 2. The molecule has 3 N–H and O–H groups in total. The zero-order valence-electron chi connectivity index (χ0n) is 17.2. The summed E-state index contributed by atoms with van der Waals surface area (Å²) < 4.78 is 27.2. The van der Waals surface area contributed by atoms with E-state index in [1.165, 1.54) is 30.3 Å². The summed E-state index contributed by atoms with van der Waals surface area (Å²) >= 11 is 0. The van der Waals surface area contributed by atoms with Crippen LogP contribution in [0.25, 0.3) is 6.08 Å². The number of hydrogen-bond donors (Lipinski definition) is 2. The summed E-state index contributed by atoms with van der Waals surface area (Å²) in [7, 11) is -0.255. The molecule has 1 aliphatic heterocycles. The second kappa shape index (κ2) is 9.14. The number of hydrogen-bond acceptors (Lipinski definition) is 8. The van der Waals surface area contributed by atoms with Gasteiger partial charge in [0.25, 0.3) is 5.91 Å². The molecule has 0 spiro atoms. The minimum absolute atomic E-state index is 0.111. The molecule has 10 nitrogen and oxygen atoms in total. The summed E-state index contributed by atoms with van der Waals surface area (Å²) in [5.74, 6) is 2.71. The van der Waals surface area contributed by atoms with Crippen LogP contribution in [-0.4, -0.2) is 45.2 Å². The lowest BCUT2D eigenvalue weighted by atomic mass is 10.1. The van der Waals surface area contributed by atoms with Gasteiger partial charge in [-0.2, -0.15) is 28.7 Å². The quantitative estimate of drug-likeness (QED) is 0.474. The monoisotopic (exact) mass is 456 g/mol. The molecule has 1 heterocycles. The molecule has 0 saturated carbocycles. The molecule has 0 saturated heterocycles. The third kappa shape index (κ3) is 4.75. The molecular formula is C21H20N4O6S. The molecule has 2 aromatic rings. The van der Waals surface area contributed by atoms with Crippen LogP contribution < -0.4 is 15.8 Å². The third-order valence-electron chi connectivity index (χ3n) is 4.54. The second-order valence-electron chi connectivity index (χ2n) is 6.84. The average molecular weight is 456 g/mol. The summed E-state index contributed by atoms with van der Waals surface area (Å²) in [5, 5.41) is 14.2. The van der Waals surface area contributed by atoms with Crippen LogP contribution >= 0.6 is 0 Å². The number of carboxylic acid groups (broad SMARTS) is 1. The van der Waals surface area contributed by atoms with E-state index in [0.29, 0.717) is 0 Å². The minimum Gasteiger partial charge on any atom is -0.476 e. The van der Waals surface area contributed by atoms with Gasteiger partial charge in [0.05, 0.1) is 16.2 Å². The minimum atomic E-state index is -4.11. The first-order valence-corrected chi connectivity index (χ1v) is 10.6. The number of nitrogens with zero attached hydrogens (tertiary/aromatic N) is 3. The second-order valence-corrected chi connectivity index (χ2v) is 8.41. The Morgan fingerprint density at radius 1 is 1.12 bits per heavy atom. The molecule has 3 rings (SSSR count). The number of carbonyl (C=O) groups excluding carboxylic acids is 1. The standard InChI is InChI=1S/C21H20N4O6S/c1-24(2)15-8-6-14(7-9-15)4-3-5-18-19(21(27)28)23-25(20(18)26)16-10-12-17(13-11-16)32(29,30)31-22/h3-13H,22H2,1-2H3,(H,27,28)/b4-3+,18-5-. The first-order valence-electron chi connectivity index (χ1n) is 9.20. The summed E-state index contributed by atoms with van der Waals surface area (Å²) in [6.45, 7) is 0. The largest absolute Gasteiger partial charge is 0.476 e. The Kier molecular flexibility index (Phi) is 6.53. The van der Waals surface area contributed by atoms with Gasteiger partial charge in [-0.25, -0.2) is 4.79 Å². The van der Waals surface area contributed by atoms with E-state index in [-0.39, 0.29) is 16.2 Å². The van der Waals surface area contributed by atoms with E-state index < -0.39 is 27.7 Å². The SMILES string of the molecule is CN(C)c1ccc(/C=C/C=C2\C(=O)N(c3ccc(S(=O)(=O)ON)cc3)N=C2C(=O)O)cc1. The predicted octanol–water partition coefficient (Wildman–Crippen LogP) is 1.76. The van der Waals surface area contributed by atoms with E-state index >= 15 is 0 Å². The molecule has 0 atom stereocenters. The van der Waals surface area contributed by atoms with Gasteiger partial charge in [0.15, 0.2) is 5.71 Å². The number of benzene rings is 2. The van der Waals surface area contributed by atoms with Gasteiger partial charge < -0.3 is 10.0 Å². The van der Waals surface area contributed by atoms with Gasteiger partial charge in [-0.1, -0.05) is 24.3 Å². The van der Waals surface area contributed by atoms with Gasteiger partial charge in [0.2, 0.25) is 0 Å². The number of nitrogens with two attached hydrogens (primary N) is 1. The van der Waals surface area contributed by atoms with Crippen LogP contribution in [0.15, 0.2) is 76.3 Å². The molecule has 11 heteroatoms. The Bertz CT molecular complexity index is 1230. The van der Waals surface area contributed by atoms with Crippen molar-refractivity contribution in [3.05, 3.63) is 71.8 Å². The molecule has 2 aromatic carbocycles. The van der Waals surface area contributed by atoms with Gasteiger partial charge in [-0.05, 0) is 48.0 Å². The van der Waals surface area contributed by atoms with Crippen LogP contribution in [0.2, 0.25) is 0 Å². The van der Waals surface area contributed by atoms with Crippen LogP contribution in [0, 0.1) is 0 Å². The first-order chi connectivity index (χ1) is 15.1. The smallest absolute Gasteiger partial charge is 0.357 e. The number of rotatable bonds is 7. The maximum absolute atomic E-state index is 12.8. The van der Waals surface area contributed by atoms with Crippen LogP contribution in [-0.2, 0) is 24.0 Å². The maximum atomic E-state index is 12.8. The van der Waals surface area contributed by atoms with Crippen molar-refractivity contribution >= 4 is 45.2 Å². The average Bonchev–Trinajstić information content (AvgIpc) is 3.11. The van der Waals surface area contributed by atoms with E-state index in [1.807, 2.05) is 43.3 Å². The molecule has 166 valence electrons. The number of carboxylic acids is 1. The van der Waals surface area contributed by atoms with E-state index in [0.717, 1.165) is 16.3 Å². The van der Waals surface area contributed by atoms with Crippen molar-refractivity contribution in [2.75, 3.05) is 24.0 Å². The summed E-state index contributed by atoms with van der Waals surface area (Å²) in [4.78, 5) is 26.1. The molecule has 1 amide bonds. The normalized spacial score (nSPS) is 15.5. The number of carbonyl (C=O) groups is 2. The van der Waals surface area contributed by atoms with Gasteiger partial charge in [0, 0.05) is 19.8 Å². The van der Waals surface area contributed by atoms with Gasteiger partial charge in [-0.3, -0.25) is 4.79 Å². The zero-order chi connectivity index (χ0) is 23.5. The lowest BCUT2D eigenvalue weighted by molar-refractivity contribution is -0.129. The fraction of sp³-hybridized carbons (Fsp3) is 0.0952.